The first-order valence-corrected chi connectivity index (χ1v) is 9.35. The molecule has 0 bridgehead atoms. The predicted octanol–water partition coefficient (Wildman–Crippen LogP) is 3.55. The highest BCUT2D eigenvalue weighted by Gasteiger charge is 2.45. The van der Waals surface area contributed by atoms with Crippen LogP contribution in [0.4, 0.5) is 0 Å². The molecule has 2 aliphatic rings. The molecular formula is C22H25NO3. The summed E-state index contributed by atoms with van der Waals surface area (Å²) in [6, 6.07) is 17.8. The van der Waals surface area contributed by atoms with Crippen molar-refractivity contribution in [1.29, 1.82) is 0 Å². The van der Waals surface area contributed by atoms with Crippen molar-refractivity contribution in [2.24, 2.45) is 11.8 Å². The van der Waals surface area contributed by atoms with E-state index in [1.54, 1.807) is 7.11 Å². The zero-order valence-corrected chi connectivity index (χ0v) is 15.1. The van der Waals surface area contributed by atoms with Crippen LogP contribution in [-0.4, -0.2) is 37.1 Å². The summed E-state index contributed by atoms with van der Waals surface area (Å²) in [5.74, 6) is 2.94. The Balaban J connectivity index is 1.37. The van der Waals surface area contributed by atoms with E-state index in [2.05, 4.69) is 0 Å². The molecule has 1 saturated heterocycles. The van der Waals surface area contributed by atoms with Gasteiger partial charge >= 0.3 is 0 Å². The SMILES string of the molecule is COc1cccc(CC(=O)N2C[C@@H]3CC[C@H](Oc4ccccc4)[C@@H]3C2)c1. The summed E-state index contributed by atoms with van der Waals surface area (Å²) in [6.07, 6.45) is 2.88. The van der Waals surface area contributed by atoms with E-state index in [9.17, 15) is 4.79 Å². The highest BCUT2D eigenvalue weighted by atomic mass is 16.5. The molecule has 2 fully saturated rings. The molecule has 0 N–H and O–H groups in total. The second-order valence-electron chi connectivity index (χ2n) is 7.30. The van der Waals surface area contributed by atoms with Gasteiger partial charge in [-0.3, -0.25) is 4.79 Å². The van der Waals surface area contributed by atoms with Gasteiger partial charge in [0.1, 0.15) is 17.6 Å². The molecule has 0 radical (unpaired) electrons. The van der Waals surface area contributed by atoms with Crippen molar-refractivity contribution in [3.05, 3.63) is 60.2 Å². The maximum atomic E-state index is 12.8. The number of nitrogens with zero attached hydrogens (tertiary/aromatic N) is 1. The number of hydrogen-bond acceptors (Lipinski definition) is 3. The van der Waals surface area contributed by atoms with Gasteiger partial charge in [-0.25, -0.2) is 0 Å². The monoisotopic (exact) mass is 351 g/mol. The fourth-order valence-electron chi connectivity index (χ4n) is 4.31. The van der Waals surface area contributed by atoms with Gasteiger partial charge in [-0.2, -0.15) is 0 Å². The molecule has 1 amide bonds. The number of methoxy groups -OCH3 is 1. The van der Waals surface area contributed by atoms with Crippen LogP contribution >= 0.6 is 0 Å². The van der Waals surface area contributed by atoms with Crippen LogP contribution in [0.15, 0.2) is 54.6 Å². The number of rotatable bonds is 5. The molecule has 2 aromatic carbocycles. The van der Waals surface area contributed by atoms with Gasteiger partial charge in [-0.05, 0) is 48.6 Å². The third kappa shape index (κ3) is 3.55. The summed E-state index contributed by atoms with van der Waals surface area (Å²) in [5.41, 5.74) is 1.00. The minimum Gasteiger partial charge on any atom is -0.497 e. The number of fused-ring (bicyclic) bond motifs is 1. The zero-order valence-electron chi connectivity index (χ0n) is 15.1. The Morgan fingerprint density at radius 3 is 2.65 bits per heavy atom. The molecule has 4 rings (SSSR count). The first kappa shape index (κ1) is 17.0. The summed E-state index contributed by atoms with van der Waals surface area (Å²) >= 11 is 0. The van der Waals surface area contributed by atoms with Crippen LogP contribution in [0, 0.1) is 11.8 Å². The van der Waals surface area contributed by atoms with Crippen molar-refractivity contribution in [2.75, 3.05) is 20.2 Å². The van der Waals surface area contributed by atoms with Crippen LogP contribution in [0.25, 0.3) is 0 Å². The van der Waals surface area contributed by atoms with Crippen molar-refractivity contribution >= 4 is 5.91 Å². The lowest BCUT2D eigenvalue weighted by molar-refractivity contribution is -0.129. The highest BCUT2D eigenvalue weighted by molar-refractivity contribution is 5.79. The lowest BCUT2D eigenvalue weighted by Crippen LogP contribution is -2.33. The Morgan fingerprint density at radius 2 is 1.85 bits per heavy atom. The van der Waals surface area contributed by atoms with Crippen LogP contribution < -0.4 is 9.47 Å². The van der Waals surface area contributed by atoms with Crippen LogP contribution in [0.3, 0.4) is 0 Å². The van der Waals surface area contributed by atoms with Gasteiger partial charge in [0.15, 0.2) is 0 Å². The molecule has 0 spiro atoms. The minimum atomic E-state index is 0.200. The smallest absolute Gasteiger partial charge is 0.227 e. The largest absolute Gasteiger partial charge is 0.497 e. The normalized spacial score (nSPS) is 24.3. The fraction of sp³-hybridized carbons (Fsp3) is 0.409. The van der Waals surface area contributed by atoms with E-state index < -0.39 is 0 Å². The molecule has 2 aromatic rings. The van der Waals surface area contributed by atoms with E-state index in [-0.39, 0.29) is 12.0 Å². The van der Waals surface area contributed by atoms with E-state index in [0.717, 1.165) is 43.0 Å². The second-order valence-corrected chi connectivity index (χ2v) is 7.30. The molecule has 136 valence electrons. The molecule has 4 nitrogen and oxygen atoms in total. The van der Waals surface area contributed by atoms with Gasteiger partial charge in [-0.1, -0.05) is 30.3 Å². The van der Waals surface area contributed by atoms with Crippen LogP contribution in [-0.2, 0) is 11.2 Å². The van der Waals surface area contributed by atoms with E-state index >= 15 is 0 Å². The second kappa shape index (κ2) is 7.40. The highest BCUT2D eigenvalue weighted by Crippen LogP contribution is 2.40. The lowest BCUT2D eigenvalue weighted by Gasteiger charge is -2.22. The van der Waals surface area contributed by atoms with Crippen LogP contribution in [0.1, 0.15) is 18.4 Å². The Labute approximate surface area is 154 Å². The molecule has 1 aliphatic carbocycles. The van der Waals surface area contributed by atoms with E-state index in [1.807, 2.05) is 59.5 Å². The number of ether oxygens (including phenoxy) is 2. The number of benzene rings is 2. The minimum absolute atomic E-state index is 0.200. The predicted molar refractivity (Wildman–Crippen MR) is 100 cm³/mol. The number of para-hydroxylation sites is 1. The number of amides is 1. The molecule has 0 unspecified atom stereocenters. The van der Waals surface area contributed by atoms with Crippen LogP contribution in [0.2, 0.25) is 0 Å². The molecule has 1 saturated carbocycles. The Hall–Kier alpha value is -2.49. The third-order valence-corrected chi connectivity index (χ3v) is 5.66. The number of hydrogen-bond donors (Lipinski definition) is 0. The standard InChI is InChI=1S/C22H25NO3/c1-25-19-9-5-6-16(12-19)13-22(24)23-14-17-10-11-21(20(17)15-23)26-18-7-3-2-4-8-18/h2-9,12,17,20-21H,10-11,13-15H2,1H3/t17-,20+,21-/m0/s1. The van der Waals surface area contributed by atoms with E-state index in [4.69, 9.17) is 9.47 Å². The number of carbonyl (C=O) groups is 1. The van der Waals surface area contributed by atoms with E-state index in [1.165, 1.54) is 0 Å². The Bertz CT molecular complexity index is 761. The Morgan fingerprint density at radius 1 is 1.04 bits per heavy atom. The topological polar surface area (TPSA) is 38.8 Å². The van der Waals surface area contributed by atoms with Gasteiger partial charge in [0.05, 0.1) is 13.5 Å². The van der Waals surface area contributed by atoms with Crippen molar-refractivity contribution in [2.45, 2.75) is 25.4 Å². The lowest BCUT2D eigenvalue weighted by atomic mass is 9.99. The fourth-order valence-corrected chi connectivity index (χ4v) is 4.31. The maximum Gasteiger partial charge on any atom is 0.227 e. The quantitative estimate of drug-likeness (QED) is 0.827. The van der Waals surface area contributed by atoms with Gasteiger partial charge in [0.2, 0.25) is 5.91 Å². The first-order valence-electron chi connectivity index (χ1n) is 9.35. The molecule has 3 atom stereocenters. The molecular weight excluding hydrogens is 326 g/mol. The summed E-state index contributed by atoms with van der Waals surface area (Å²) < 4.78 is 11.5. The molecule has 4 heteroatoms. The summed E-state index contributed by atoms with van der Waals surface area (Å²) in [4.78, 5) is 14.8. The maximum absolute atomic E-state index is 12.8. The summed E-state index contributed by atoms with van der Waals surface area (Å²) in [5, 5.41) is 0. The van der Waals surface area contributed by atoms with Gasteiger partial charge < -0.3 is 14.4 Å². The van der Waals surface area contributed by atoms with Crippen molar-refractivity contribution in [3.63, 3.8) is 0 Å². The zero-order chi connectivity index (χ0) is 17.9. The average molecular weight is 351 g/mol. The summed E-state index contributed by atoms with van der Waals surface area (Å²) in [7, 11) is 1.65. The molecule has 26 heavy (non-hydrogen) atoms. The van der Waals surface area contributed by atoms with E-state index in [0.29, 0.717) is 18.3 Å². The number of likely N-dealkylation sites (tertiary alicyclic amines) is 1. The average Bonchev–Trinajstić information content (AvgIpc) is 3.25. The van der Waals surface area contributed by atoms with Crippen molar-refractivity contribution in [1.82, 2.24) is 4.90 Å². The van der Waals surface area contributed by atoms with Gasteiger partial charge in [0, 0.05) is 19.0 Å². The van der Waals surface area contributed by atoms with Crippen molar-refractivity contribution < 1.29 is 14.3 Å². The molecule has 1 aliphatic heterocycles. The third-order valence-electron chi connectivity index (χ3n) is 5.66. The first-order chi connectivity index (χ1) is 12.7. The number of carbonyl (C=O) groups excluding carboxylic acids is 1. The van der Waals surface area contributed by atoms with Crippen molar-refractivity contribution in [3.8, 4) is 11.5 Å². The summed E-state index contributed by atoms with van der Waals surface area (Å²) in [6.45, 7) is 1.67. The Kier molecular flexibility index (Phi) is 4.83. The van der Waals surface area contributed by atoms with Gasteiger partial charge in [-0.15, -0.1) is 0 Å². The van der Waals surface area contributed by atoms with Gasteiger partial charge in [0.25, 0.3) is 0 Å². The molecule has 1 heterocycles. The molecule has 0 aromatic heterocycles. The van der Waals surface area contributed by atoms with Crippen LogP contribution in [0.5, 0.6) is 11.5 Å².